The van der Waals surface area contributed by atoms with Gasteiger partial charge in [0.2, 0.25) is 5.91 Å². The SMILES string of the molecule is C=CCN1C(=O)[C@@](CC#N)([C@](C)(C=C)CCC=C(C)C)c2ccc(Br)cc21. The van der Waals surface area contributed by atoms with E-state index in [9.17, 15) is 10.1 Å². The highest BCUT2D eigenvalue weighted by molar-refractivity contribution is 9.10. The van der Waals surface area contributed by atoms with Gasteiger partial charge in [-0.25, -0.2) is 0 Å². The van der Waals surface area contributed by atoms with Crippen molar-refractivity contribution in [3.8, 4) is 6.07 Å². The van der Waals surface area contributed by atoms with E-state index < -0.39 is 10.8 Å². The van der Waals surface area contributed by atoms with Crippen LogP contribution in [-0.4, -0.2) is 12.5 Å². The smallest absolute Gasteiger partial charge is 0.239 e. The number of nitrogens with zero attached hydrogens (tertiary/aromatic N) is 2. The van der Waals surface area contributed by atoms with E-state index in [1.54, 1.807) is 11.0 Å². The number of halogens is 1. The lowest BCUT2D eigenvalue weighted by Gasteiger charge is -2.42. The molecular formula is C23H27BrN2O. The lowest BCUT2D eigenvalue weighted by atomic mass is 9.58. The molecule has 0 radical (unpaired) electrons. The van der Waals surface area contributed by atoms with Gasteiger partial charge in [0, 0.05) is 22.1 Å². The molecular weight excluding hydrogens is 400 g/mol. The standard InChI is InChI=1S/C23H27BrN2O/c1-6-15-26-20-16-18(24)10-11-19(20)23(13-14-25,21(26)27)22(5,7-2)12-8-9-17(3)4/h6-7,9-11,16H,1-2,8,12-13,15H2,3-5H3/t22-,23+/m1/s1. The Labute approximate surface area is 171 Å². The molecule has 0 fully saturated rings. The molecule has 0 saturated carbocycles. The predicted molar refractivity (Wildman–Crippen MR) is 116 cm³/mol. The molecule has 2 rings (SSSR count). The van der Waals surface area contributed by atoms with Crippen molar-refractivity contribution in [2.75, 3.05) is 11.4 Å². The van der Waals surface area contributed by atoms with Crippen LogP contribution in [0.25, 0.3) is 0 Å². The van der Waals surface area contributed by atoms with Crippen molar-refractivity contribution in [1.29, 1.82) is 5.26 Å². The minimum atomic E-state index is -0.946. The van der Waals surface area contributed by atoms with Gasteiger partial charge in [0.15, 0.2) is 0 Å². The van der Waals surface area contributed by atoms with Crippen LogP contribution in [0.15, 0.2) is 59.6 Å². The average molecular weight is 427 g/mol. The summed E-state index contributed by atoms with van der Waals surface area (Å²) in [6, 6.07) is 8.16. The first-order valence-corrected chi connectivity index (χ1v) is 9.93. The fourth-order valence-corrected chi connectivity index (χ4v) is 4.40. The van der Waals surface area contributed by atoms with Crippen molar-refractivity contribution in [3.63, 3.8) is 0 Å². The zero-order valence-corrected chi connectivity index (χ0v) is 18.0. The summed E-state index contributed by atoms with van der Waals surface area (Å²) in [4.78, 5) is 15.5. The number of rotatable bonds is 8. The number of amides is 1. The van der Waals surface area contributed by atoms with Gasteiger partial charge >= 0.3 is 0 Å². The number of carbonyl (C=O) groups is 1. The van der Waals surface area contributed by atoms with E-state index in [0.717, 1.165) is 28.6 Å². The van der Waals surface area contributed by atoms with Crippen LogP contribution in [0.2, 0.25) is 0 Å². The van der Waals surface area contributed by atoms with Crippen molar-refractivity contribution in [1.82, 2.24) is 0 Å². The maximum absolute atomic E-state index is 13.7. The Bertz CT molecular complexity index is 831. The second kappa shape index (κ2) is 8.27. The molecule has 1 aromatic rings. The Morgan fingerprint density at radius 2 is 2.11 bits per heavy atom. The second-order valence-corrected chi connectivity index (χ2v) is 8.46. The molecule has 0 bridgehead atoms. The number of nitriles is 1. The molecule has 0 spiro atoms. The van der Waals surface area contributed by atoms with Gasteiger partial charge < -0.3 is 4.90 Å². The first-order chi connectivity index (χ1) is 12.8. The highest BCUT2D eigenvalue weighted by Gasteiger charge is 2.59. The quantitative estimate of drug-likeness (QED) is 0.473. The highest BCUT2D eigenvalue weighted by atomic mass is 79.9. The van der Waals surface area contributed by atoms with Crippen LogP contribution in [0.5, 0.6) is 0 Å². The van der Waals surface area contributed by atoms with E-state index in [4.69, 9.17) is 0 Å². The fourth-order valence-electron chi connectivity index (χ4n) is 4.05. The van der Waals surface area contributed by atoms with Gasteiger partial charge in [-0.1, -0.05) is 52.7 Å². The monoisotopic (exact) mass is 426 g/mol. The maximum atomic E-state index is 13.7. The van der Waals surface area contributed by atoms with E-state index in [1.807, 2.05) is 24.3 Å². The lowest BCUT2D eigenvalue weighted by molar-refractivity contribution is -0.126. The van der Waals surface area contributed by atoms with Crippen LogP contribution in [0.1, 0.15) is 45.6 Å². The number of fused-ring (bicyclic) bond motifs is 1. The van der Waals surface area contributed by atoms with Gasteiger partial charge in [0.25, 0.3) is 0 Å². The molecule has 142 valence electrons. The highest BCUT2D eigenvalue weighted by Crippen LogP contribution is 2.56. The minimum Gasteiger partial charge on any atom is -0.307 e. The molecule has 2 atom stereocenters. The van der Waals surface area contributed by atoms with Crippen molar-refractivity contribution < 1.29 is 4.79 Å². The van der Waals surface area contributed by atoms with Gasteiger partial charge in [-0.15, -0.1) is 13.2 Å². The Balaban J connectivity index is 2.71. The molecule has 4 heteroatoms. The number of hydrogen-bond acceptors (Lipinski definition) is 2. The van der Waals surface area contributed by atoms with Crippen LogP contribution in [0.4, 0.5) is 5.69 Å². The molecule has 0 saturated heterocycles. The summed E-state index contributed by atoms with van der Waals surface area (Å²) in [7, 11) is 0. The van der Waals surface area contributed by atoms with E-state index in [-0.39, 0.29) is 12.3 Å². The molecule has 1 heterocycles. The molecule has 0 N–H and O–H groups in total. The van der Waals surface area contributed by atoms with Gasteiger partial charge in [-0.05, 0) is 44.4 Å². The molecule has 0 aliphatic carbocycles. The summed E-state index contributed by atoms with van der Waals surface area (Å²) >= 11 is 3.51. The summed E-state index contributed by atoms with van der Waals surface area (Å²) in [6.45, 7) is 14.5. The van der Waals surface area contributed by atoms with Crippen molar-refractivity contribution in [2.45, 2.75) is 45.4 Å². The van der Waals surface area contributed by atoms with Crippen molar-refractivity contribution in [3.05, 3.63) is 65.2 Å². The van der Waals surface area contributed by atoms with Crippen LogP contribution in [-0.2, 0) is 10.2 Å². The molecule has 1 aliphatic rings. The number of anilines is 1. The van der Waals surface area contributed by atoms with E-state index >= 15 is 0 Å². The third-order valence-electron chi connectivity index (χ3n) is 5.62. The van der Waals surface area contributed by atoms with Crippen LogP contribution < -0.4 is 4.90 Å². The van der Waals surface area contributed by atoms with Crippen molar-refractivity contribution >= 4 is 27.5 Å². The molecule has 1 aromatic carbocycles. The number of benzene rings is 1. The molecule has 3 nitrogen and oxygen atoms in total. The third kappa shape index (κ3) is 3.53. The van der Waals surface area contributed by atoms with Crippen LogP contribution >= 0.6 is 15.9 Å². The first-order valence-electron chi connectivity index (χ1n) is 9.14. The maximum Gasteiger partial charge on any atom is 0.239 e. The van der Waals surface area contributed by atoms with Crippen LogP contribution in [0.3, 0.4) is 0 Å². The second-order valence-electron chi connectivity index (χ2n) is 7.55. The van der Waals surface area contributed by atoms with Crippen LogP contribution in [0, 0.1) is 16.7 Å². The zero-order valence-electron chi connectivity index (χ0n) is 16.4. The Hall–Kier alpha value is -2.12. The topological polar surface area (TPSA) is 44.1 Å². The predicted octanol–water partition coefficient (Wildman–Crippen LogP) is 6.07. The van der Waals surface area contributed by atoms with Gasteiger partial charge in [0.05, 0.1) is 17.9 Å². The summed E-state index contributed by atoms with van der Waals surface area (Å²) < 4.78 is 0.903. The zero-order chi connectivity index (χ0) is 20.2. The first kappa shape index (κ1) is 21.2. The summed E-state index contributed by atoms with van der Waals surface area (Å²) in [5.74, 6) is -0.0448. The van der Waals surface area contributed by atoms with Gasteiger partial charge in [-0.2, -0.15) is 5.26 Å². The van der Waals surface area contributed by atoms with Crippen molar-refractivity contribution in [2.24, 2.45) is 5.41 Å². The molecule has 27 heavy (non-hydrogen) atoms. The normalized spacial score (nSPS) is 20.4. The van der Waals surface area contributed by atoms with E-state index in [1.165, 1.54) is 5.57 Å². The van der Waals surface area contributed by atoms with E-state index in [2.05, 4.69) is 62.0 Å². The Morgan fingerprint density at radius 1 is 1.41 bits per heavy atom. The summed E-state index contributed by atoms with van der Waals surface area (Å²) in [6.07, 6.45) is 7.45. The minimum absolute atomic E-state index is 0.0448. The summed E-state index contributed by atoms with van der Waals surface area (Å²) in [5.41, 5.74) is 1.49. The Morgan fingerprint density at radius 3 is 2.67 bits per heavy atom. The molecule has 1 aliphatic heterocycles. The number of carbonyl (C=O) groups excluding carboxylic acids is 1. The fraction of sp³-hybridized carbons (Fsp3) is 0.391. The average Bonchev–Trinajstić information content (AvgIpc) is 2.85. The third-order valence-corrected chi connectivity index (χ3v) is 6.11. The summed E-state index contributed by atoms with van der Waals surface area (Å²) in [5, 5.41) is 9.68. The largest absolute Gasteiger partial charge is 0.307 e. The van der Waals surface area contributed by atoms with Gasteiger partial charge in [-0.3, -0.25) is 4.79 Å². The molecule has 1 amide bonds. The van der Waals surface area contributed by atoms with Gasteiger partial charge in [0.1, 0.15) is 0 Å². The lowest BCUT2D eigenvalue weighted by Crippen LogP contribution is -2.50. The van der Waals surface area contributed by atoms with E-state index in [0.29, 0.717) is 6.54 Å². The number of allylic oxidation sites excluding steroid dienone is 3. The Kier molecular flexibility index (Phi) is 6.49. The number of hydrogen-bond donors (Lipinski definition) is 0. The molecule has 0 unspecified atom stereocenters. The molecule has 0 aromatic heterocycles.